The van der Waals surface area contributed by atoms with Gasteiger partial charge in [-0.3, -0.25) is 9.59 Å². The molecule has 0 aromatic heterocycles. The van der Waals surface area contributed by atoms with Crippen molar-refractivity contribution in [1.29, 1.82) is 0 Å². The van der Waals surface area contributed by atoms with Crippen molar-refractivity contribution >= 4 is 23.2 Å². The van der Waals surface area contributed by atoms with Gasteiger partial charge in [-0.1, -0.05) is 73.7 Å². The zero-order valence-corrected chi connectivity index (χ0v) is 21.8. The highest BCUT2D eigenvalue weighted by Gasteiger charge is 2.35. The lowest BCUT2D eigenvalue weighted by Gasteiger charge is -2.27. The molecule has 4 aromatic carbocycles. The first-order valence-electron chi connectivity index (χ1n) is 12.8. The molecule has 40 heavy (non-hydrogen) atoms. The Morgan fingerprint density at radius 2 is 1.50 bits per heavy atom. The Labute approximate surface area is 230 Å². The monoisotopic (exact) mass is 541 g/mol. The quantitative estimate of drug-likeness (QED) is 0.328. The van der Waals surface area contributed by atoms with Crippen LogP contribution in [0.2, 0.25) is 0 Å². The zero-order chi connectivity index (χ0) is 28.4. The molecule has 5 rings (SSSR count). The van der Waals surface area contributed by atoms with Gasteiger partial charge in [-0.15, -0.1) is 0 Å². The number of nitrogens with zero attached hydrogens (tertiary/aromatic N) is 2. The van der Waals surface area contributed by atoms with Crippen molar-refractivity contribution in [3.8, 4) is 0 Å². The molecular weight excluding hydrogens is 515 g/mol. The second-order valence-electron chi connectivity index (χ2n) is 9.66. The number of fused-ring (bicyclic) bond motifs is 1. The molecule has 0 bridgehead atoms. The van der Waals surface area contributed by atoms with E-state index >= 15 is 0 Å². The number of nitrogens with one attached hydrogen (secondary N) is 1. The molecule has 5 nitrogen and oxygen atoms in total. The predicted octanol–water partition coefficient (Wildman–Crippen LogP) is 5.95. The summed E-state index contributed by atoms with van der Waals surface area (Å²) in [5, 5.41) is 2.78. The number of hydrogen-bond acceptors (Lipinski definition) is 3. The summed E-state index contributed by atoms with van der Waals surface area (Å²) in [6.07, 6.45) is -1.28. The SMILES string of the molecule is C[C@H](c1ccc(F)c(F)c1)[C@@H](C(=O)N[C@H]1N=C(c2ccccc2)c2ccccc2N(C)C1=O)c1ccc(F)cc1. The number of halogens is 3. The number of anilines is 1. The van der Waals surface area contributed by atoms with Crippen molar-refractivity contribution in [2.45, 2.75) is 24.9 Å². The van der Waals surface area contributed by atoms with E-state index in [0.29, 0.717) is 22.5 Å². The Morgan fingerprint density at radius 1 is 0.850 bits per heavy atom. The smallest absolute Gasteiger partial charge is 0.272 e. The summed E-state index contributed by atoms with van der Waals surface area (Å²) < 4.78 is 41.5. The molecule has 0 spiro atoms. The van der Waals surface area contributed by atoms with E-state index in [1.807, 2.05) is 54.6 Å². The van der Waals surface area contributed by atoms with Crippen LogP contribution >= 0.6 is 0 Å². The van der Waals surface area contributed by atoms with Gasteiger partial charge in [-0.2, -0.15) is 0 Å². The molecule has 0 aliphatic carbocycles. The molecule has 0 fully saturated rings. The third-order valence-corrected chi connectivity index (χ3v) is 7.15. The van der Waals surface area contributed by atoms with Crippen LogP contribution in [0, 0.1) is 17.5 Å². The lowest BCUT2D eigenvalue weighted by Crippen LogP contribution is -2.48. The Hall–Kier alpha value is -4.72. The molecule has 2 amide bonds. The van der Waals surface area contributed by atoms with Crippen molar-refractivity contribution in [3.05, 3.63) is 137 Å². The first-order valence-corrected chi connectivity index (χ1v) is 12.8. The first kappa shape index (κ1) is 26.9. The Balaban J connectivity index is 1.56. The van der Waals surface area contributed by atoms with Crippen LogP contribution in [0.25, 0.3) is 0 Å². The highest BCUT2D eigenvalue weighted by molar-refractivity contribution is 6.20. The minimum absolute atomic E-state index is 0.369. The van der Waals surface area contributed by atoms with E-state index < -0.39 is 47.3 Å². The first-order chi connectivity index (χ1) is 19.2. The van der Waals surface area contributed by atoms with Crippen molar-refractivity contribution in [2.24, 2.45) is 4.99 Å². The molecule has 202 valence electrons. The minimum atomic E-state index is -1.28. The number of amides is 2. The number of carbonyl (C=O) groups excluding carboxylic acids is 2. The fraction of sp³-hybridized carbons (Fsp3) is 0.156. The van der Waals surface area contributed by atoms with Gasteiger partial charge in [0.15, 0.2) is 11.6 Å². The van der Waals surface area contributed by atoms with Crippen LogP contribution in [0.4, 0.5) is 18.9 Å². The summed E-state index contributed by atoms with van der Waals surface area (Å²) in [6, 6.07) is 25.5. The van der Waals surface area contributed by atoms with Gasteiger partial charge in [-0.25, -0.2) is 18.2 Å². The molecule has 1 aliphatic heterocycles. The second kappa shape index (κ2) is 11.2. The molecule has 4 aromatic rings. The standard InChI is InChI=1S/C32H26F3N3O2/c1-19(22-14-17-25(34)26(35)18-22)28(20-12-15-23(33)16-13-20)31(39)37-30-32(40)38(2)27-11-7-6-10-24(27)29(36-30)21-8-4-3-5-9-21/h3-19,28,30H,1-2H3,(H,37,39)/t19-,28-,30-/m1/s1. The number of para-hydroxylation sites is 1. The third kappa shape index (κ3) is 5.25. The molecule has 0 unspecified atom stereocenters. The highest BCUT2D eigenvalue weighted by atomic mass is 19.2. The lowest BCUT2D eigenvalue weighted by molar-refractivity contribution is -0.128. The van der Waals surface area contributed by atoms with Crippen molar-refractivity contribution in [1.82, 2.24) is 5.32 Å². The Bertz CT molecular complexity index is 1590. The maximum absolute atomic E-state index is 14.1. The third-order valence-electron chi connectivity index (χ3n) is 7.15. The van der Waals surface area contributed by atoms with Crippen molar-refractivity contribution < 1.29 is 22.8 Å². The maximum Gasteiger partial charge on any atom is 0.272 e. The van der Waals surface area contributed by atoms with Crippen LogP contribution in [0.5, 0.6) is 0 Å². The fourth-order valence-electron chi connectivity index (χ4n) is 4.99. The van der Waals surface area contributed by atoms with Gasteiger partial charge >= 0.3 is 0 Å². The van der Waals surface area contributed by atoms with Crippen LogP contribution in [-0.4, -0.2) is 30.7 Å². The molecule has 1 heterocycles. The van der Waals surface area contributed by atoms with Crippen LogP contribution in [-0.2, 0) is 9.59 Å². The summed E-state index contributed by atoms with van der Waals surface area (Å²) in [7, 11) is 1.62. The molecule has 1 N–H and O–H groups in total. The van der Waals surface area contributed by atoms with E-state index in [1.54, 1.807) is 14.0 Å². The normalized spacial score (nSPS) is 16.4. The summed E-state index contributed by atoms with van der Waals surface area (Å²) >= 11 is 0. The van der Waals surface area contributed by atoms with Crippen molar-refractivity contribution in [2.75, 3.05) is 11.9 Å². The van der Waals surface area contributed by atoms with Gasteiger partial charge in [0.05, 0.1) is 17.3 Å². The van der Waals surface area contributed by atoms with E-state index in [0.717, 1.165) is 23.3 Å². The highest BCUT2D eigenvalue weighted by Crippen LogP contribution is 2.34. The average molecular weight is 542 g/mol. The number of hydrogen-bond donors (Lipinski definition) is 1. The van der Waals surface area contributed by atoms with Crippen LogP contribution < -0.4 is 10.2 Å². The van der Waals surface area contributed by atoms with E-state index in [1.165, 1.54) is 35.2 Å². The molecule has 8 heteroatoms. The van der Waals surface area contributed by atoms with Crippen molar-refractivity contribution in [3.63, 3.8) is 0 Å². The van der Waals surface area contributed by atoms with Gasteiger partial charge < -0.3 is 10.2 Å². The Morgan fingerprint density at radius 3 is 2.20 bits per heavy atom. The molecule has 0 saturated carbocycles. The number of rotatable bonds is 6. The summed E-state index contributed by atoms with van der Waals surface area (Å²) in [4.78, 5) is 33.7. The van der Waals surface area contributed by atoms with E-state index in [4.69, 9.17) is 4.99 Å². The largest absolute Gasteiger partial charge is 0.326 e. The molecule has 1 aliphatic rings. The number of likely N-dealkylation sites (N-methyl/N-ethyl adjacent to an activating group) is 1. The molecular formula is C32H26F3N3O2. The van der Waals surface area contributed by atoms with Crippen LogP contribution in [0.3, 0.4) is 0 Å². The van der Waals surface area contributed by atoms with E-state index in [-0.39, 0.29) is 0 Å². The number of benzodiazepines with no additional fused rings is 1. The maximum atomic E-state index is 14.1. The molecule has 3 atom stereocenters. The molecule has 0 radical (unpaired) electrons. The van der Waals surface area contributed by atoms with Gasteiger partial charge in [0, 0.05) is 18.2 Å². The summed E-state index contributed by atoms with van der Waals surface area (Å²) in [5.74, 6) is -5.19. The van der Waals surface area contributed by atoms with E-state index in [2.05, 4.69) is 5.32 Å². The average Bonchev–Trinajstić information content (AvgIpc) is 3.06. The minimum Gasteiger partial charge on any atom is -0.326 e. The number of carbonyl (C=O) groups is 2. The Kier molecular flexibility index (Phi) is 7.51. The van der Waals surface area contributed by atoms with Crippen LogP contribution in [0.1, 0.15) is 41.0 Å². The number of aliphatic imine (C=N–C) groups is 1. The number of benzene rings is 4. The topological polar surface area (TPSA) is 61.8 Å². The van der Waals surface area contributed by atoms with Gasteiger partial charge in [-0.05, 0) is 47.4 Å². The molecule has 0 saturated heterocycles. The fourth-order valence-corrected chi connectivity index (χ4v) is 4.99. The second-order valence-corrected chi connectivity index (χ2v) is 9.66. The predicted molar refractivity (Wildman–Crippen MR) is 148 cm³/mol. The van der Waals surface area contributed by atoms with Gasteiger partial charge in [0.2, 0.25) is 12.1 Å². The van der Waals surface area contributed by atoms with Gasteiger partial charge in [0.25, 0.3) is 5.91 Å². The summed E-state index contributed by atoms with van der Waals surface area (Å²) in [6.45, 7) is 1.69. The summed E-state index contributed by atoms with van der Waals surface area (Å²) in [5.41, 5.74) is 3.48. The van der Waals surface area contributed by atoms with E-state index in [9.17, 15) is 22.8 Å². The lowest BCUT2D eigenvalue weighted by atomic mass is 9.82. The van der Waals surface area contributed by atoms with Crippen LogP contribution in [0.15, 0.2) is 102 Å². The van der Waals surface area contributed by atoms with Gasteiger partial charge in [0.1, 0.15) is 5.82 Å². The zero-order valence-electron chi connectivity index (χ0n) is 21.8.